The normalized spacial score (nSPS) is 11.5. The van der Waals surface area contributed by atoms with Crippen LogP contribution in [-0.2, 0) is 32.6 Å². The van der Waals surface area contributed by atoms with Gasteiger partial charge in [0.25, 0.3) is 0 Å². The van der Waals surface area contributed by atoms with E-state index in [1.54, 1.807) is 49.6 Å². The number of benzene rings is 3. The summed E-state index contributed by atoms with van der Waals surface area (Å²) in [5.74, 6) is -0.493. The van der Waals surface area contributed by atoms with E-state index in [2.05, 4.69) is 5.48 Å². The quantitative estimate of drug-likeness (QED) is 0.444. The second kappa shape index (κ2) is 9.78. The molecule has 0 aliphatic carbocycles. The maximum Gasteiger partial charge on any atom is 0.176 e. The molecular weight excluding hydrogens is 441 g/mol. The van der Waals surface area contributed by atoms with E-state index < -0.39 is 15.7 Å². The number of halogens is 2. The molecule has 3 aromatic rings. The third-order valence-corrected chi connectivity index (χ3v) is 6.11. The van der Waals surface area contributed by atoms with Crippen LogP contribution in [-0.4, -0.2) is 21.8 Å². The summed E-state index contributed by atoms with van der Waals surface area (Å²) in [6.07, 6.45) is 1.13. The van der Waals surface area contributed by atoms with E-state index in [1.165, 1.54) is 12.1 Å². The second-order valence-electron chi connectivity index (χ2n) is 7.16. The SMILES string of the molecule is COCc1cc(Cl)cc(C)c1NOCc1ccc(-c2ccccc2S(C)(=O)=O)cc1F. The molecule has 0 heterocycles. The van der Waals surface area contributed by atoms with Gasteiger partial charge in [-0.1, -0.05) is 41.9 Å². The van der Waals surface area contributed by atoms with Crippen LogP contribution in [0.4, 0.5) is 10.1 Å². The Kier molecular flexibility index (Phi) is 7.33. The summed E-state index contributed by atoms with van der Waals surface area (Å²) in [4.78, 5) is 5.69. The van der Waals surface area contributed by atoms with Gasteiger partial charge in [-0.3, -0.25) is 10.3 Å². The molecule has 0 saturated carbocycles. The third kappa shape index (κ3) is 5.62. The molecule has 3 rings (SSSR count). The van der Waals surface area contributed by atoms with Crippen LogP contribution in [0.15, 0.2) is 59.5 Å². The molecule has 0 radical (unpaired) electrons. The molecule has 3 aromatic carbocycles. The summed E-state index contributed by atoms with van der Waals surface area (Å²) >= 11 is 6.10. The predicted octanol–water partition coefficient (Wildman–Crippen LogP) is 5.55. The van der Waals surface area contributed by atoms with E-state index >= 15 is 0 Å². The summed E-state index contributed by atoms with van der Waals surface area (Å²) in [5.41, 5.74) is 6.52. The number of ether oxygens (including phenoxy) is 1. The lowest BCUT2D eigenvalue weighted by molar-refractivity contribution is 0.169. The highest BCUT2D eigenvalue weighted by Gasteiger charge is 2.15. The van der Waals surface area contributed by atoms with Gasteiger partial charge in [-0.2, -0.15) is 0 Å². The van der Waals surface area contributed by atoms with Crippen molar-refractivity contribution in [2.45, 2.75) is 25.0 Å². The highest BCUT2D eigenvalue weighted by molar-refractivity contribution is 7.90. The van der Waals surface area contributed by atoms with E-state index in [-0.39, 0.29) is 11.5 Å². The first kappa shape index (κ1) is 23.2. The molecular formula is C23H23ClFNO4S. The number of anilines is 1. The van der Waals surface area contributed by atoms with Gasteiger partial charge in [0.05, 0.1) is 17.2 Å². The van der Waals surface area contributed by atoms with Gasteiger partial charge < -0.3 is 4.74 Å². The zero-order valence-electron chi connectivity index (χ0n) is 17.4. The first-order valence-corrected chi connectivity index (χ1v) is 11.7. The fraction of sp³-hybridized carbons (Fsp3) is 0.217. The molecule has 8 heteroatoms. The molecule has 0 saturated heterocycles. The maximum absolute atomic E-state index is 14.7. The maximum atomic E-state index is 14.7. The lowest BCUT2D eigenvalue weighted by Crippen LogP contribution is -2.07. The Balaban J connectivity index is 1.78. The molecule has 0 aliphatic rings. The third-order valence-electron chi connectivity index (χ3n) is 4.73. The van der Waals surface area contributed by atoms with E-state index in [4.69, 9.17) is 21.2 Å². The van der Waals surface area contributed by atoms with Gasteiger partial charge in [-0.25, -0.2) is 12.8 Å². The largest absolute Gasteiger partial charge is 0.380 e. The average Bonchev–Trinajstić information content (AvgIpc) is 2.70. The molecule has 0 atom stereocenters. The Morgan fingerprint density at radius 1 is 1.03 bits per heavy atom. The zero-order chi connectivity index (χ0) is 22.6. The van der Waals surface area contributed by atoms with Crippen molar-refractivity contribution in [2.75, 3.05) is 18.8 Å². The van der Waals surface area contributed by atoms with Crippen molar-refractivity contribution < 1.29 is 22.4 Å². The van der Waals surface area contributed by atoms with Gasteiger partial charge in [0.15, 0.2) is 9.84 Å². The minimum atomic E-state index is -3.44. The predicted molar refractivity (Wildman–Crippen MR) is 120 cm³/mol. The fourth-order valence-electron chi connectivity index (χ4n) is 3.27. The molecule has 0 aliphatic heterocycles. The van der Waals surface area contributed by atoms with Crippen LogP contribution < -0.4 is 5.48 Å². The van der Waals surface area contributed by atoms with Gasteiger partial charge in [0, 0.05) is 35.1 Å². The van der Waals surface area contributed by atoms with Crippen molar-refractivity contribution in [1.82, 2.24) is 0 Å². The molecule has 0 unspecified atom stereocenters. The molecule has 0 bridgehead atoms. The monoisotopic (exact) mass is 463 g/mol. The van der Waals surface area contributed by atoms with E-state index in [1.807, 2.05) is 6.92 Å². The van der Waals surface area contributed by atoms with Crippen LogP contribution >= 0.6 is 11.6 Å². The highest BCUT2D eigenvalue weighted by Crippen LogP contribution is 2.29. The fourth-order valence-corrected chi connectivity index (χ4v) is 4.48. The summed E-state index contributed by atoms with van der Waals surface area (Å²) in [7, 11) is -1.86. The Morgan fingerprint density at radius 2 is 1.77 bits per heavy atom. The standard InChI is InChI=1S/C23H23ClFNO4S/c1-15-10-19(24)11-18(13-29-2)23(15)26-30-14-17-9-8-16(12-21(17)25)20-6-4-5-7-22(20)31(3,27)28/h4-12,26H,13-14H2,1-3H3. The number of nitrogens with one attached hydrogen (secondary N) is 1. The number of methoxy groups -OCH3 is 1. The molecule has 0 spiro atoms. The van der Waals surface area contributed by atoms with Crippen molar-refractivity contribution >= 4 is 27.1 Å². The van der Waals surface area contributed by atoms with Crippen molar-refractivity contribution in [3.8, 4) is 11.1 Å². The van der Waals surface area contributed by atoms with E-state index in [9.17, 15) is 12.8 Å². The van der Waals surface area contributed by atoms with Crippen LogP contribution in [0, 0.1) is 12.7 Å². The van der Waals surface area contributed by atoms with Gasteiger partial charge in [0.2, 0.25) is 0 Å². The van der Waals surface area contributed by atoms with Crippen LogP contribution in [0.25, 0.3) is 11.1 Å². The Hall–Kier alpha value is -2.45. The van der Waals surface area contributed by atoms with Gasteiger partial charge in [-0.15, -0.1) is 0 Å². The van der Waals surface area contributed by atoms with Crippen molar-refractivity contribution in [2.24, 2.45) is 0 Å². The molecule has 5 nitrogen and oxygen atoms in total. The summed E-state index contributed by atoms with van der Waals surface area (Å²) in [6, 6.07) is 14.7. The highest BCUT2D eigenvalue weighted by atomic mass is 35.5. The van der Waals surface area contributed by atoms with Crippen LogP contribution in [0.3, 0.4) is 0 Å². The van der Waals surface area contributed by atoms with Crippen LogP contribution in [0.5, 0.6) is 0 Å². The molecule has 31 heavy (non-hydrogen) atoms. The van der Waals surface area contributed by atoms with Gasteiger partial charge in [0.1, 0.15) is 12.4 Å². The summed E-state index contributed by atoms with van der Waals surface area (Å²) < 4.78 is 44.0. The van der Waals surface area contributed by atoms with E-state index in [0.29, 0.717) is 34.0 Å². The molecule has 1 N–H and O–H groups in total. The Morgan fingerprint density at radius 3 is 2.45 bits per heavy atom. The number of hydrogen-bond donors (Lipinski definition) is 1. The number of hydrogen-bond acceptors (Lipinski definition) is 5. The number of sulfone groups is 1. The molecule has 0 aromatic heterocycles. The second-order valence-corrected chi connectivity index (χ2v) is 9.58. The Bertz CT molecular complexity index is 1200. The first-order valence-electron chi connectivity index (χ1n) is 9.44. The van der Waals surface area contributed by atoms with Gasteiger partial charge in [-0.05, 0) is 42.3 Å². The number of aryl methyl sites for hydroxylation is 1. The first-order chi connectivity index (χ1) is 14.7. The molecule has 0 amide bonds. The van der Waals surface area contributed by atoms with Crippen LogP contribution in [0.2, 0.25) is 5.02 Å². The molecule has 0 fully saturated rings. The van der Waals surface area contributed by atoms with E-state index in [0.717, 1.165) is 17.4 Å². The van der Waals surface area contributed by atoms with Gasteiger partial charge >= 0.3 is 0 Å². The zero-order valence-corrected chi connectivity index (χ0v) is 19.0. The minimum absolute atomic E-state index is 0.0334. The molecule has 164 valence electrons. The Labute approximate surface area is 186 Å². The van der Waals surface area contributed by atoms with Crippen molar-refractivity contribution in [1.29, 1.82) is 0 Å². The van der Waals surface area contributed by atoms with Crippen molar-refractivity contribution in [3.05, 3.63) is 82.1 Å². The minimum Gasteiger partial charge on any atom is -0.380 e. The smallest absolute Gasteiger partial charge is 0.176 e. The number of rotatable bonds is 8. The summed E-state index contributed by atoms with van der Waals surface area (Å²) in [6.45, 7) is 2.19. The average molecular weight is 464 g/mol. The van der Waals surface area contributed by atoms with Crippen LogP contribution in [0.1, 0.15) is 16.7 Å². The lowest BCUT2D eigenvalue weighted by Gasteiger charge is -2.15. The lowest BCUT2D eigenvalue weighted by atomic mass is 10.0. The summed E-state index contributed by atoms with van der Waals surface area (Å²) in [5, 5.41) is 0.589. The topological polar surface area (TPSA) is 64.6 Å². The van der Waals surface area contributed by atoms with Crippen molar-refractivity contribution in [3.63, 3.8) is 0 Å².